The molecule has 0 aliphatic carbocycles. The van der Waals surface area contributed by atoms with Gasteiger partial charge in [-0.3, -0.25) is 4.99 Å². The number of hydrogen-bond donors (Lipinski definition) is 2. The van der Waals surface area contributed by atoms with Crippen molar-refractivity contribution in [2.75, 3.05) is 27.3 Å². The van der Waals surface area contributed by atoms with Crippen molar-refractivity contribution in [3.8, 4) is 0 Å². The summed E-state index contributed by atoms with van der Waals surface area (Å²) in [7, 11) is 3.48. The van der Waals surface area contributed by atoms with Gasteiger partial charge >= 0.3 is 0 Å². The Labute approximate surface area is 120 Å². The molecule has 3 unspecified atom stereocenters. The third-order valence-electron chi connectivity index (χ3n) is 3.25. The molecular formula is C11H22IN3O2. The molecule has 2 fully saturated rings. The lowest BCUT2D eigenvalue weighted by atomic mass is 9.96. The summed E-state index contributed by atoms with van der Waals surface area (Å²) in [6.45, 7) is 1.46. The monoisotopic (exact) mass is 355 g/mol. The molecule has 2 heterocycles. The van der Waals surface area contributed by atoms with E-state index in [0.717, 1.165) is 18.9 Å². The lowest BCUT2D eigenvalue weighted by molar-refractivity contribution is 0.0992. The van der Waals surface area contributed by atoms with E-state index in [-0.39, 0.29) is 24.0 Å². The quantitative estimate of drug-likeness (QED) is 0.338. The Morgan fingerprint density at radius 2 is 2.29 bits per heavy atom. The highest BCUT2D eigenvalue weighted by atomic mass is 127. The van der Waals surface area contributed by atoms with Crippen LogP contribution in [-0.4, -0.2) is 51.5 Å². The van der Waals surface area contributed by atoms with Crippen LogP contribution in [0.3, 0.4) is 0 Å². The van der Waals surface area contributed by atoms with Crippen molar-refractivity contribution >= 4 is 29.9 Å². The second-order valence-electron chi connectivity index (χ2n) is 4.35. The van der Waals surface area contributed by atoms with Gasteiger partial charge in [-0.1, -0.05) is 0 Å². The third kappa shape index (κ3) is 3.96. The molecule has 3 atom stereocenters. The van der Waals surface area contributed by atoms with E-state index in [4.69, 9.17) is 9.47 Å². The first kappa shape index (κ1) is 15.0. The maximum Gasteiger partial charge on any atom is 0.191 e. The fraction of sp³-hybridized carbons (Fsp3) is 0.909. The highest BCUT2D eigenvalue weighted by Gasteiger charge is 2.40. The highest BCUT2D eigenvalue weighted by molar-refractivity contribution is 14.0. The summed E-state index contributed by atoms with van der Waals surface area (Å²) >= 11 is 0. The summed E-state index contributed by atoms with van der Waals surface area (Å²) in [5.74, 6) is 0.846. The van der Waals surface area contributed by atoms with Crippen LogP contribution in [0.2, 0.25) is 0 Å². The summed E-state index contributed by atoms with van der Waals surface area (Å²) in [6, 6.07) is 0.424. The van der Waals surface area contributed by atoms with Crippen LogP contribution in [0.1, 0.15) is 19.3 Å². The summed E-state index contributed by atoms with van der Waals surface area (Å²) in [4.78, 5) is 4.19. The number of rotatable bonds is 4. The van der Waals surface area contributed by atoms with Crippen LogP contribution in [0.25, 0.3) is 0 Å². The van der Waals surface area contributed by atoms with E-state index in [1.165, 1.54) is 12.8 Å². The Kier molecular flexibility index (Phi) is 6.50. The Hall–Kier alpha value is -0.0800. The predicted molar refractivity (Wildman–Crippen MR) is 78.1 cm³/mol. The zero-order chi connectivity index (χ0) is 11.4. The summed E-state index contributed by atoms with van der Waals surface area (Å²) in [6.07, 6.45) is 4.36. The molecular weight excluding hydrogens is 333 g/mol. The van der Waals surface area contributed by atoms with Crippen LogP contribution in [0.5, 0.6) is 0 Å². The molecule has 0 aromatic heterocycles. The number of ether oxygens (including phenoxy) is 2. The second kappa shape index (κ2) is 7.38. The number of aliphatic imine (C=N–C) groups is 1. The predicted octanol–water partition coefficient (Wildman–Crippen LogP) is 0.736. The SMILES string of the molecule is CN=C(NCCOC)NC1CC2CCC1O2.I. The molecule has 17 heavy (non-hydrogen) atoms. The maximum absolute atomic E-state index is 5.79. The molecule has 2 bridgehead atoms. The largest absolute Gasteiger partial charge is 0.383 e. The summed E-state index contributed by atoms with van der Waals surface area (Å²) in [5.41, 5.74) is 0. The Morgan fingerprint density at radius 3 is 2.82 bits per heavy atom. The van der Waals surface area contributed by atoms with E-state index in [1.54, 1.807) is 14.2 Å². The van der Waals surface area contributed by atoms with E-state index >= 15 is 0 Å². The first-order valence-corrected chi connectivity index (χ1v) is 5.95. The molecule has 0 saturated carbocycles. The van der Waals surface area contributed by atoms with Crippen molar-refractivity contribution in [1.29, 1.82) is 0 Å². The third-order valence-corrected chi connectivity index (χ3v) is 3.25. The zero-order valence-corrected chi connectivity index (χ0v) is 12.8. The molecule has 2 N–H and O–H groups in total. The smallest absolute Gasteiger partial charge is 0.191 e. The Bertz CT molecular complexity index is 263. The summed E-state index contributed by atoms with van der Waals surface area (Å²) < 4.78 is 10.8. The van der Waals surface area contributed by atoms with Crippen molar-refractivity contribution in [2.45, 2.75) is 37.5 Å². The Morgan fingerprint density at radius 1 is 1.47 bits per heavy atom. The molecule has 0 aromatic carbocycles. The molecule has 0 radical (unpaired) electrons. The van der Waals surface area contributed by atoms with Crippen LogP contribution in [-0.2, 0) is 9.47 Å². The van der Waals surface area contributed by atoms with Crippen LogP contribution in [0, 0.1) is 0 Å². The first-order chi connectivity index (χ1) is 7.83. The Balaban J connectivity index is 0.00000144. The number of hydrogen-bond acceptors (Lipinski definition) is 3. The molecule has 0 aromatic rings. The van der Waals surface area contributed by atoms with Gasteiger partial charge in [-0.05, 0) is 19.3 Å². The average molecular weight is 355 g/mol. The van der Waals surface area contributed by atoms with E-state index in [9.17, 15) is 0 Å². The zero-order valence-electron chi connectivity index (χ0n) is 10.4. The topological polar surface area (TPSA) is 54.9 Å². The first-order valence-electron chi connectivity index (χ1n) is 5.95. The molecule has 2 aliphatic heterocycles. The normalized spacial score (nSPS) is 31.2. The van der Waals surface area contributed by atoms with Crippen molar-refractivity contribution in [3.05, 3.63) is 0 Å². The fourth-order valence-corrected chi connectivity index (χ4v) is 2.43. The van der Waals surface area contributed by atoms with Gasteiger partial charge in [-0.2, -0.15) is 0 Å². The van der Waals surface area contributed by atoms with Crippen LogP contribution < -0.4 is 10.6 Å². The van der Waals surface area contributed by atoms with Gasteiger partial charge in [0.05, 0.1) is 24.9 Å². The molecule has 100 valence electrons. The molecule has 2 aliphatic rings. The van der Waals surface area contributed by atoms with Gasteiger partial charge in [-0.15, -0.1) is 24.0 Å². The second-order valence-corrected chi connectivity index (χ2v) is 4.35. The number of fused-ring (bicyclic) bond motifs is 2. The lowest BCUT2D eigenvalue weighted by Crippen LogP contribution is -2.48. The molecule has 5 nitrogen and oxygen atoms in total. The molecule has 2 rings (SSSR count). The molecule has 0 spiro atoms. The van der Waals surface area contributed by atoms with E-state index in [2.05, 4.69) is 15.6 Å². The van der Waals surface area contributed by atoms with E-state index in [0.29, 0.717) is 24.9 Å². The number of guanidine groups is 1. The summed E-state index contributed by atoms with van der Waals surface area (Å²) in [5, 5.41) is 6.63. The highest BCUT2D eigenvalue weighted by Crippen LogP contribution is 2.34. The maximum atomic E-state index is 5.79. The van der Waals surface area contributed by atoms with Crippen LogP contribution in [0.15, 0.2) is 4.99 Å². The van der Waals surface area contributed by atoms with Gasteiger partial charge in [0.2, 0.25) is 0 Å². The standard InChI is InChI=1S/C11H21N3O2.HI/c1-12-11(13-5-6-15-2)14-9-7-8-3-4-10(9)16-8;/h8-10H,3-7H2,1-2H3,(H2,12,13,14);1H. The van der Waals surface area contributed by atoms with Gasteiger partial charge in [-0.25, -0.2) is 0 Å². The van der Waals surface area contributed by atoms with Crippen molar-refractivity contribution in [2.24, 2.45) is 4.99 Å². The van der Waals surface area contributed by atoms with Gasteiger partial charge in [0.15, 0.2) is 5.96 Å². The number of halogens is 1. The fourth-order valence-electron chi connectivity index (χ4n) is 2.43. The van der Waals surface area contributed by atoms with Crippen molar-refractivity contribution in [3.63, 3.8) is 0 Å². The lowest BCUT2D eigenvalue weighted by Gasteiger charge is -2.22. The van der Waals surface area contributed by atoms with Crippen LogP contribution in [0.4, 0.5) is 0 Å². The minimum absolute atomic E-state index is 0. The molecule has 6 heteroatoms. The number of nitrogens with one attached hydrogen (secondary N) is 2. The van der Waals surface area contributed by atoms with E-state index < -0.39 is 0 Å². The van der Waals surface area contributed by atoms with Gasteiger partial charge < -0.3 is 20.1 Å². The minimum Gasteiger partial charge on any atom is -0.383 e. The number of methoxy groups -OCH3 is 1. The van der Waals surface area contributed by atoms with Gasteiger partial charge in [0, 0.05) is 20.7 Å². The minimum atomic E-state index is 0. The van der Waals surface area contributed by atoms with E-state index in [1.807, 2.05) is 0 Å². The van der Waals surface area contributed by atoms with Gasteiger partial charge in [0.1, 0.15) is 0 Å². The molecule has 0 amide bonds. The van der Waals surface area contributed by atoms with Crippen LogP contribution >= 0.6 is 24.0 Å². The van der Waals surface area contributed by atoms with Gasteiger partial charge in [0.25, 0.3) is 0 Å². The number of nitrogens with zero attached hydrogens (tertiary/aromatic N) is 1. The van der Waals surface area contributed by atoms with Crippen molar-refractivity contribution < 1.29 is 9.47 Å². The average Bonchev–Trinajstić information content (AvgIpc) is 2.89. The van der Waals surface area contributed by atoms with Crippen molar-refractivity contribution in [1.82, 2.24) is 10.6 Å². The molecule has 2 saturated heterocycles.